The Morgan fingerprint density at radius 3 is 2.04 bits per heavy atom. The fourth-order valence-corrected chi connectivity index (χ4v) is 3.06. The number of ether oxygens (including phenoxy) is 1. The van der Waals surface area contributed by atoms with Gasteiger partial charge in [-0.05, 0) is 52.8 Å². The Morgan fingerprint density at radius 1 is 0.857 bits per heavy atom. The molecule has 0 unspecified atom stereocenters. The third-order valence-electron chi connectivity index (χ3n) is 4.62. The average Bonchev–Trinajstić information content (AvgIpc) is 2.73. The van der Waals surface area contributed by atoms with Gasteiger partial charge in [-0.1, -0.05) is 73.3 Å². The summed E-state index contributed by atoms with van der Waals surface area (Å²) in [5.74, 6) is -0.410. The molecule has 0 saturated carbocycles. The number of carbonyl (C=O) groups is 1. The first-order chi connectivity index (χ1) is 13.6. The number of esters is 1. The third kappa shape index (κ3) is 4.76. The summed E-state index contributed by atoms with van der Waals surface area (Å²) in [5.41, 5.74) is 6.72. The van der Waals surface area contributed by atoms with E-state index >= 15 is 0 Å². The fraction of sp³-hybridized carbons (Fsp3) is 0.160. The van der Waals surface area contributed by atoms with Gasteiger partial charge in [-0.2, -0.15) is 0 Å². The van der Waals surface area contributed by atoms with Gasteiger partial charge in [0.05, 0.1) is 0 Å². The highest BCUT2D eigenvalue weighted by atomic mass is 16.5. The minimum atomic E-state index is -0.410. The SMILES string of the molecule is C=C(C)C(=O)OCc1cc(-c2ccc(-c3ccccc3)cc2)ccc1CCO. The first-order valence-electron chi connectivity index (χ1n) is 9.29. The van der Waals surface area contributed by atoms with Crippen molar-refractivity contribution in [2.75, 3.05) is 6.61 Å². The lowest BCUT2D eigenvalue weighted by molar-refractivity contribution is -0.140. The van der Waals surface area contributed by atoms with E-state index in [2.05, 4.69) is 43.0 Å². The molecule has 3 aromatic rings. The van der Waals surface area contributed by atoms with E-state index in [0.717, 1.165) is 27.8 Å². The third-order valence-corrected chi connectivity index (χ3v) is 4.62. The van der Waals surface area contributed by atoms with Crippen molar-refractivity contribution in [2.24, 2.45) is 0 Å². The number of aliphatic hydroxyl groups is 1. The molecule has 0 heterocycles. The molecule has 0 aliphatic carbocycles. The van der Waals surface area contributed by atoms with E-state index in [-0.39, 0.29) is 13.2 Å². The zero-order valence-corrected chi connectivity index (χ0v) is 16.0. The van der Waals surface area contributed by atoms with Crippen LogP contribution in [0.4, 0.5) is 0 Å². The summed E-state index contributed by atoms with van der Waals surface area (Å²) in [5, 5.41) is 9.31. The molecule has 3 rings (SSSR count). The standard InChI is InChI=1S/C25H24O3/c1-18(2)25(27)28-17-24-16-23(13-12-22(24)14-15-26)21-10-8-20(9-11-21)19-6-4-3-5-7-19/h3-13,16,26H,1,14-15,17H2,2H3. The van der Waals surface area contributed by atoms with Gasteiger partial charge in [0.25, 0.3) is 0 Å². The van der Waals surface area contributed by atoms with Gasteiger partial charge in [0, 0.05) is 12.2 Å². The van der Waals surface area contributed by atoms with Crippen LogP contribution < -0.4 is 0 Å². The second kappa shape index (κ2) is 9.16. The summed E-state index contributed by atoms with van der Waals surface area (Å²) >= 11 is 0. The van der Waals surface area contributed by atoms with Crippen LogP contribution in [0.15, 0.2) is 84.9 Å². The van der Waals surface area contributed by atoms with Gasteiger partial charge in [-0.3, -0.25) is 0 Å². The number of carbonyl (C=O) groups excluding carboxylic acids is 1. The van der Waals surface area contributed by atoms with E-state index in [9.17, 15) is 9.90 Å². The molecule has 0 atom stereocenters. The van der Waals surface area contributed by atoms with E-state index in [1.165, 1.54) is 5.56 Å². The number of hydrogen-bond donors (Lipinski definition) is 1. The summed E-state index contributed by atoms with van der Waals surface area (Å²) in [6.45, 7) is 5.45. The number of aliphatic hydroxyl groups excluding tert-OH is 1. The van der Waals surface area contributed by atoms with Crippen molar-refractivity contribution in [3.05, 3.63) is 96.1 Å². The maximum Gasteiger partial charge on any atom is 0.333 e. The van der Waals surface area contributed by atoms with Crippen molar-refractivity contribution in [3.63, 3.8) is 0 Å². The lowest BCUT2D eigenvalue weighted by Crippen LogP contribution is -2.07. The summed E-state index contributed by atoms with van der Waals surface area (Å²) in [6.07, 6.45) is 0.521. The Labute approximate surface area is 165 Å². The van der Waals surface area contributed by atoms with Crippen molar-refractivity contribution >= 4 is 5.97 Å². The molecule has 0 aromatic heterocycles. The van der Waals surface area contributed by atoms with E-state index in [1.807, 2.05) is 36.4 Å². The molecule has 0 aliphatic rings. The van der Waals surface area contributed by atoms with Crippen molar-refractivity contribution in [1.29, 1.82) is 0 Å². The Hall–Kier alpha value is -3.17. The van der Waals surface area contributed by atoms with Crippen LogP contribution in [0.25, 0.3) is 22.3 Å². The lowest BCUT2D eigenvalue weighted by atomic mass is 9.96. The van der Waals surface area contributed by atoms with E-state index in [4.69, 9.17) is 4.74 Å². The largest absolute Gasteiger partial charge is 0.457 e. The van der Waals surface area contributed by atoms with E-state index in [0.29, 0.717) is 12.0 Å². The zero-order valence-electron chi connectivity index (χ0n) is 16.0. The second-order valence-electron chi connectivity index (χ2n) is 6.76. The van der Waals surface area contributed by atoms with Crippen LogP contribution in [0.2, 0.25) is 0 Å². The topological polar surface area (TPSA) is 46.5 Å². The van der Waals surface area contributed by atoms with Gasteiger partial charge in [-0.25, -0.2) is 4.79 Å². The molecule has 28 heavy (non-hydrogen) atoms. The summed E-state index contributed by atoms with van der Waals surface area (Å²) < 4.78 is 5.32. The second-order valence-corrected chi connectivity index (χ2v) is 6.76. The van der Waals surface area contributed by atoms with Crippen LogP contribution in [0, 0.1) is 0 Å². The summed E-state index contributed by atoms with van der Waals surface area (Å²) in [7, 11) is 0. The van der Waals surface area contributed by atoms with Gasteiger partial charge in [0.2, 0.25) is 0 Å². The fourth-order valence-electron chi connectivity index (χ4n) is 3.06. The normalized spacial score (nSPS) is 10.5. The maximum atomic E-state index is 11.7. The molecule has 0 bridgehead atoms. The van der Waals surface area contributed by atoms with Crippen molar-refractivity contribution in [3.8, 4) is 22.3 Å². The molecule has 0 radical (unpaired) electrons. The molecule has 3 heteroatoms. The van der Waals surface area contributed by atoms with Crippen molar-refractivity contribution in [2.45, 2.75) is 20.0 Å². The average molecular weight is 372 g/mol. The van der Waals surface area contributed by atoms with Gasteiger partial charge >= 0.3 is 5.97 Å². The Kier molecular flexibility index (Phi) is 6.41. The smallest absolute Gasteiger partial charge is 0.333 e. The van der Waals surface area contributed by atoms with E-state index in [1.54, 1.807) is 6.92 Å². The quantitative estimate of drug-likeness (QED) is 0.459. The maximum absolute atomic E-state index is 11.7. The molecule has 3 aromatic carbocycles. The molecule has 0 spiro atoms. The van der Waals surface area contributed by atoms with Gasteiger partial charge in [0.15, 0.2) is 0 Å². The minimum Gasteiger partial charge on any atom is -0.457 e. The van der Waals surface area contributed by atoms with Crippen LogP contribution in [0.1, 0.15) is 18.1 Å². The Bertz CT molecular complexity index is 957. The highest BCUT2D eigenvalue weighted by molar-refractivity contribution is 5.87. The molecule has 1 N–H and O–H groups in total. The monoisotopic (exact) mass is 372 g/mol. The molecule has 142 valence electrons. The highest BCUT2D eigenvalue weighted by Gasteiger charge is 2.10. The molecule has 3 nitrogen and oxygen atoms in total. The molecule has 0 fully saturated rings. The van der Waals surface area contributed by atoms with Crippen LogP contribution in [-0.4, -0.2) is 17.7 Å². The molecular weight excluding hydrogens is 348 g/mol. The van der Waals surface area contributed by atoms with Crippen LogP contribution >= 0.6 is 0 Å². The molecule has 0 amide bonds. The zero-order chi connectivity index (χ0) is 19.9. The molecular formula is C25H24O3. The minimum absolute atomic E-state index is 0.0482. The molecule has 0 aliphatic heterocycles. The predicted molar refractivity (Wildman–Crippen MR) is 113 cm³/mol. The van der Waals surface area contributed by atoms with Gasteiger partial charge < -0.3 is 9.84 Å². The Morgan fingerprint density at radius 2 is 1.43 bits per heavy atom. The van der Waals surface area contributed by atoms with Crippen LogP contribution in [0.5, 0.6) is 0 Å². The first-order valence-corrected chi connectivity index (χ1v) is 9.29. The lowest BCUT2D eigenvalue weighted by Gasteiger charge is -2.13. The van der Waals surface area contributed by atoms with Crippen molar-refractivity contribution in [1.82, 2.24) is 0 Å². The van der Waals surface area contributed by atoms with Crippen molar-refractivity contribution < 1.29 is 14.6 Å². The van der Waals surface area contributed by atoms with E-state index < -0.39 is 5.97 Å². The number of hydrogen-bond acceptors (Lipinski definition) is 3. The summed E-state index contributed by atoms with van der Waals surface area (Å²) in [4.78, 5) is 11.7. The van der Waals surface area contributed by atoms with Gasteiger partial charge in [-0.15, -0.1) is 0 Å². The van der Waals surface area contributed by atoms with Crippen LogP contribution in [0.3, 0.4) is 0 Å². The summed E-state index contributed by atoms with van der Waals surface area (Å²) in [6, 6.07) is 24.7. The molecule has 0 saturated heterocycles. The first kappa shape index (κ1) is 19.6. The van der Waals surface area contributed by atoms with Crippen LogP contribution in [-0.2, 0) is 22.6 Å². The highest BCUT2D eigenvalue weighted by Crippen LogP contribution is 2.27. The predicted octanol–water partition coefficient (Wildman–Crippen LogP) is 5.17. The number of rotatable bonds is 7. The Balaban J connectivity index is 1.86. The number of benzene rings is 3. The van der Waals surface area contributed by atoms with Gasteiger partial charge in [0.1, 0.15) is 6.61 Å².